The van der Waals surface area contributed by atoms with Crippen molar-refractivity contribution < 1.29 is 4.79 Å². The first kappa shape index (κ1) is 15.2. The van der Waals surface area contributed by atoms with Crippen molar-refractivity contribution in [2.24, 2.45) is 0 Å². The van der Waals surface area contributed by atoms with Crippen molar-refractivity contribution in [3.8, 4) is 0 Å². The van der Waals surface area contributed by atoms with Gasteiger partial charge in [0.05, 0.1) is 18.0 Å². The number of thiophene rings is 1. The van der Waals surface area contributed by atoms with Gasteiger partial charge in [0.15, 0.2) is 0 Å². The van der Waals surface area contributed by atoms with Crippen LogP contribution in [0, 0.1) is 0 Å². The zero-order valence-electron chi connectivity index (χ0n) is 9.70. The van der Waals surface area contributed by atoms with E-state index < -0.39 is 0 Å². The van der Waals surface area contributed by atoms with Gasteiger partial charge in [-0.2, -0.15) is 0 Å². The minimum Gasteiger partial charge on any atom is -0.351 e. The van der Waals surface area contributed by atoms with Crippen molar-refractivity contribution in [3.63, 3.8) is 0 Å². The van der Waals surface area contributed by atoms with Crippen LogP contribution in [0.3, 0.4) is 0 Å². The molecule has 0 aliphatic heterocycles. The van der Waals surface area contributed by atoms with Gasteiger partial charge in [-0.25, -0.2) is 0 Å². The molecule has 0 aliphatic rings. The molecule has 0 bridgehead atoms. The van der Waals surface area contributed by atoms with Crippen LogP contribution in [0.1, 0.15) is 20.7 Å². The normalized spacial score (nSPS) is 12.2. The van der Waals surface area contributed by atoms with Gasteiger partial charge in [0.25, 0.3) is 5.91 Å². The Morgan fingerprint density at radius 1 is 1.26 bits per heavy atom. The van der Waals surface area contributed by atoms with Gasteiger partial charge in [0.1, 0.15) is 0 Å². The number of halogens is 3. The summed E-state index contributed by atoms with van der Waals surface area (Å²) in [4.78, 5) is 12.1. The van der Waals surface area contributed by atoms with Crippen molar-refractivity contribution in [2.75, 3.05) is 6.54 Å². The van der Waals surface area contributed by atoms with Crippen LogP contribution in [-0.4, -0.2) is 12.5 Å². The number of carbonyl (C=O) groups excluding carboxylic acids is 1. The van der Waals surface area contributed by atoms with Crippen LogP contribution in [0.2, 0.25) is 0 Å². The van der Waals surface area contributed by atoms with Crippen molar-refractivity contribution in [3.05, 3.63) is 55.1 Å². The summed E-state index contributed by atoms with van der Waals surface area (Å²) in [5.74, 6) is -0.0748. The monoisotopic (exact) mass is 465 g/mol. The number of nitrogens with one attached hydrogen (secondary N) is 1. The number of alkyl halides is 1. The highest BCUT2D eigenvalue weighted by Crippen LogP contribution is 2.32. The van der Waals surface area contributed by atoms with Crippen LogP contribution in [0.5, 0.6) is 0 Å². The fourth-order valence-electron chi connectivity index (χ4n) is 1.55. The number of benzene rings is 1. The molecule has 2 rings (SSSR count). The Balaban J connectivity index is 1.96. The van der Waals surface area contributed by atoms with E-state index in [9.17, 15) is 4.79 Å². The van der Waals surface area contributed by atoms with E-state index in [1.165, 1.54) is 11.3 Å². The lowest BCUT2D eigenvalue weighted by Gasteiger charge is -2.11. The highest BCUT2D eigenvalue weighted by Gasteiger charge is 2.15. The molecule has 100 valence electrons. The zero-order valence-corrected chi connectivity index (χ0v) is 15.3. The summed E-state index contributed by atoms with van der Waals surface area (Å²) in [6.45, 7) is 0.544. The average molecular weight is 468 g/mol. The van der Waals surface area contributed by atoms with Gasteiger partial charge in [0.2, 0.25) is 0 Å². The van der Waals surface area contributed by atoms with Crippen LogP contribution in [0.25, 0.3) is 0 Å². The first-order chi connectivity index (χ1) is 9.08. The molecule has 1 heterocycles. The molecule has 0 spiro atoms. The summed E-state index contributed by atoms with van der Waals surface area (Å²) in [6.07, 6.45) is 0. The highest BCUT2D eigenvalue weighted by molar-refractivity contribution is 9.12. The molecule has 1 N–H and O–H groups in total. The summed E-state index contributed by atoms with van der Waals surface area (Å²) >= 11 is 11.8. The number of hydrogen-bond donors (Lipinski definition) is 1. The second-order valence-corrected chi connectivity index (χ2v) is 8.68. The van der Waals surface area contributed by atoms with Crippen LogP contribution in [0.15, 0.2) is 44.0 Å². The van der Waals surface area contributed by atoms with Crippen LogP contribution in [-0.2, 0) is 0 Å². The maximum absolute atomic E-state index is 12.0. The van der Waals surface area contributed by atoms with Gasteiger partial charge in [-0.1, -0.05) is 46.3 Å². The molecular formula is C13H10Br3NOS. The minimum absolute atomic E-state index is 0.0748. The van der Waals surface area contributed by atoms with E-state index in [1.54, 1.807) is 0 Å². The molecule has 0 saturated carbocycles. The van der Waals surface area contributed by atoms with Crippen molar-refractivity contribution in [1.82, 2.24) is 5.32 Å². The molecule has 2 aromatic rings. The molecule has 1 unspecified atom stereocenters. The molecule has 19 heavy (non-hydrogen) atoms. The Bertz CT molecular complexity index is 571. The quantitative estimate of drug-likeness (QED) is 0.620. The van der Waals surface area contributed by atoms with E-state index in [1.807, 2.05) is 36.4 Å². The SMILES string of the molecule is O=C(NCC(Br)c1ccccc1)c1cc(Br)sc1Br. The fraction of sp³-hybridized carbons (Fsp3) is 0.154. The van der Waals surface area contributed by atoms with Crippen molar-refractivity contribution in [2.45, 2.75) is 4.83 Å². The molecule has 0 fully saturated rings. The first-order valence-electron chi connectivity index (χ1n) is 5.50. The predicted molar refractivity (Wildman–Crippen MR) is 90.2 cm³/mol. The molecule has 1 aromatic carbocycles. The van der Waals surface area contributed by atoms with Crippen molar-refractivity contribution >= 4 is 65.0 Å². The van der Waals surface area contributed by atoms with Crippen molar-refractivity contribution in [1.29, 1.82) is 0 Å². The van der Waals surface area contributed by atoms with Gasteiger partial charge in [0, 0.05) is 6.54 Å². The molecule has 1 atom stereocenters. The third-order valence-electron chi connectivity index (χ3n) is 2.50. The molecule has 0 saturated heterocycles. The molecule has 0 radical (unpaired) electrons. The third kappa shape index (κ3) is 4.15. The minimum atomic E-state index is -0.0748. The lowest BCUT2D eigenvalue weighted by Crippen LogP contribution is -2.26. The topological polar surface area (TPSA) is 29.1 Å². The van der Waals surface area contributed by atoms with E-state index in [-0.39, 0.29) is 10.7 Å². The van der Waals surface area contributed by atoms with E-state index in [0.717, 1.165) is 13.1 Å². The van der Waals surface area contributed by atoms with Crippen LogP contribution in [0.4, 0.5) is 0 Å². The number of hydrogen-bond acceptors (Lipinski definition) is 2. The standard InChI is InChI=1S/C13H10Br3NOS/c14-10(8-4-2-1-3-5-8)7-17-13(18)9-6-11(15)19-12(9)16/h1-6,10H,7H2,(H,17,18). The Morgan fingerprint density at radius 2 is 1.95 bits per heavy atom. The predicted octanol–water partition coefficient (Wildman–Crippen LogP) is 5.14. The number of carbonyl (C=O) groups is 1. The van der Waals surface area contributed by atoms with Gasteiger partial charge >= 0.3 is 0 Å². The summed E-state index contributed by atoms with van der Waals surface area (Å²) in [6, 6.07) is 11.8. The van der Waals surface area contributed by atoms with Gasteiger partial charge in [-0.3, -0.25) is 4.79 Å². The molecule has 2 nitrogen and oxygen atoms in total. The maximum atomic E-state index is 12.0. The molecule has 1 amide bonds. The van der Waals surface area contributed by atoms with Gasteiger partial charge in [-0.15, -0.1) is 11.3 Å². The Morgan fingerprint density at radius 3 is 2.53 bits per heavy atom. The summed E-state index contributed by atoms with van der Waals surface area (Å²) in [7, 11) is 0. The van der Waals surface area contributed by atoms with Gasteiger partial charge in [-0.05, 0) is 43.5 Å². The fourth-order valence-corrected chi connectivity index (χ4v) is 4.81. The van der Waals surface area contributed by atoms with E-state index in [0.29, 0.717) is 12.1 Å². The second kappa shape index (κ2) is 7.02. The molecule has 6 heteroatoms. The highest BCUT2D eigenvalue weighted by atomic mass is 79.9. The molecule has 0 aliphatic carbocycles. The Hall–Kier alpha value is -0.170. The maximum Gasteiger partial charge on any atom is 0.253 e. The number of rotatable bonds is 4. The van der Waals surface area contributed by atoms with E-state index in [2.05, 4.69) is 53.1 Å². The van der Waals surface area contributed by atoms with E-state index >= 15 is 0 Å². The third-order valence-corrected chi connectivity index (χ3v) is 5.70. The Kier molecular flexibility index (Phi) is 5.62. The second-order valence-electron chi connectivity index (χ2n) is 3.83. The summed E-state index contributed by atoms with van der Waals surface area (Å²) < 4.78 is 1.77. The lowest BCUT2D eigenvalue weighted by molar-refractivity contribution is 0.0953. The summed E-state index contributed by atoms with van der Waals surface area (Å²) in [5.41, 5.74) is 1.80. The summed E-state index contributed by atoms with van der Waals surface area (Å²) in [5, 5.41) is 2.92. The smallest absolute Gasteiger partial charge is 0.253 e. The van der Waals surface area contributed by atoms with Crippen LogP contribution >= 0.6 is 59.1 Å². The average Bonchev–Trinajstić information content (AvgIpc) is 2.75. The zero-order chi connectivity index (χ0) is 13.8. The molecular weight excluding hydrogens is 458 g/mol. The largest absolute Gasteiger partial charge is 0.351 e. The van der Waals surface area contributed by atoms with Gasteiger partial charge < -0.3 is 5.32 Å². The Labute approximate surface area is 141 Å². The lowest BCUT2D eigenvalue weighted by atomic mass is 10.1. The number of amides is 1. The van der Waals surface area contributed by atoms with E-state index in [4.69, 9.17) is 0 Å². The first-order valence-corrected chi connectivity index (χ1v) is 8.82. The van der Waals surface area contributed by atoms with Crippen LogP contribution < -0.4 is 5.32 Å². The molecule has 1 aromatic heterocycles.